The van der Waals surface area contributed by atoms with E-state index in [1.165, 1.54) is 12.1 Å². The molecular formula is C14H12F3N3S. The van der Waals surface area contributed by atoms with E-state index in [4.69, 9.17) is 18.0 Å². The number of hydrogen-bond acceptors (Lipinski definition) is 3. The first-order valence-corrected chi connectivity index (χ1v) is 6.44. The molecule has 0 amide bonds. The smallest absolute Gasteiger partial charge is 0.388 e. The van der Waals surface area contributed by atoms with E-state index in [9.17, 15) is 13.2 Å². The molecule has 0 atom stereocenters. The van der Waals surface area contributed by atoms with Gasteiger partial charge in [-0.05, 0) is 23.8 Å². The van der Waals surface area contributed by atoms with Crippen molar-refractivity contribution in [1.82, 2.24) is 4.98 Å². The van der Waals surface area contributed by atoms with Crippen LogP contribution in [0.25, 0.3) is 0 Å². The van der Waals surface area contributed by atoms with Gasteiger partial charge in [0, 0.05) is 6.54 Å². The molecule has 2 rings (SSSR count). The quantitative estimate of drug-likeness (QED) is 0.850. The lowest BCUT2D eigenvalue weighted by Crippen LogP contribution is -2.14. The maximum Gasteiger partial charge on any atom is 0.416 e. The zero-order chi connectivity index (χ0) is 15.5. The number of thiocarbonyl (C=S) groups is 1. The van der Waals surface area contributed by atoms with Crippen LogP contribution >= 0.6 is 12.2 Å². The second kappa shape index (κ2) is 6.09. The second-order valence-electron chi connectivity index (χ2n) is 4.28. The summed E-state index contributed by atoms with van der Waals surface area (Å²) in [5, 5.41) is 2.84. The zero-order valence-electron chi connectivity index (χ0n) is 10.8. The Hall–Kier alpha value is -2.15. The van der Waals surface area contributed by atoms with Crippen LogP contribution in [0.2, 0.25) is 0 Å². The fourth-order valence-electron chi connectivity index (χ4n) is 1.81. The summed E-state index contributed by atoms with van der Waals surface area (Å²) in [5.74, 6) is 0.414. The average Bonchev–Trinajstić information content (AvgIpc) is 2.45. The minimum atomic E-state index is -4.38. The van der Waals surface area contributed by atoms with Crippen molar-refractivity contribution in [2.24, 2.45) is 5.73 Å². The molecule has 1 heterocycles. The lowest BCUT2D eigenvalue weighted by atomic mass is 10.1. The number of aromatic nitrogens is 1. The Morgan fingerprint density at radius 3 is 2.52 bits per heavy atom. The molecule has 110 valence electrons. The van der Waals surface area contributed by atoms with Crippen LogP contribution in [0.1, 0.15) is 16.8 Å². The van der Waals surface area contributed by atoms with Crippen LogP contribution in [0, 0.1) is 0 Å². The molecule has 0 aliphatic heterocycles. The van der Waals surface area contributed by atoms with Gasteiger partial charge in [-0.25, -0.2) is 4.98 Å². The fraction of sp³-hybridized carbons (Fsp3) is 0.143. The highest BCUT2D eigenvalue weighted by Crippen LogP contribution is 2.32. The Labute approximate surface area is 125 Å². The topological polar surface area (TPSA) is 50.9 Å². The fourth-order valence-corrected chi connectivity index (χ4v) is 1.92. The maximum absolute atomic E-state index is 12.9. The van der Waals surface area contributed by atoms with Gasteiger partial charge in [0.15, 0.2) is 0 Å². The predicted molar refractivity (Wildman–Crippen MR) is 78.9 cm³/mol. The third-order valence-electron chi connectivity index (χ3n) is 2.78. The first-order valence-electron chi connectivity index (χ1n) is 6.04. The molecule has 0 fully saturated rings. The Kier molecular flexibility index (Phi) is 4.42. The molecule has 2 aromatic rings. The highest BCUT2D eigenvalue weighted by atomic mass is 32.1. The van der Waals surface area contributed by atoms with Gasteiger partial charge in [0.2, 0.25) is 0 Å². The number of benzene rings is 1. The summed E-state index contributed by atoms with van der Waals surface area (Å²) in [5.41, 5.74) is 5.36. The number of anilines is 1. The van der Waals surface area contributed by atoms with E-state index in [-0.39, 0.29) is 17.1 Å². The molecule has 0 radical (unpaired) electrons. The maximum atomic E-state index is 12.9. The molecule has 0 spiro atoms. The highest BCUT2D eigenvalue weighted by molar-refractivity contribution is 7.80. The zero-order valence-corrected chi connectivity index (χ0v) is 11.6. The largest absolute Gasteiger partial charge is 0.416 e. The molecule has 3 N–H and O–H groups in total. The third-order valence-corrected chi connectivity index (χ3v) is 2.99. The summed E-state index contributed by atoms with van der Waals surface area (Å²) >= 11 is 4.81. The van der Waals surface area contributed by atoms with Crippen LogP contribution in [-0.2, 0) is 12.7 Å². The molecule has 0 aliphatic carbocycles. The summed E-state index contributed by atoms with van der Waals surface area (Å²) in [6.45, 7) is 0.00344. The highest BCUT2D eigenvalue weighted by Gasteiger charge is 2.32. The SMILES string of the molecule is NC(=S)c1cccc(NCc2ccccc2C(F)(F)F)n1. The van der Waals surface area contributed by atoms with E-state index in [1.807, 2.05) is 0 Å². The average molecular weight is 311 g/mol. The van der Waals surface area contributed by atoms with Gasteiger partial charge in [0.05, 0.1) is 11.3 Å². The van der Waals surface area contributed by atoms with Crippen molar-refractivity contribution >= 4 is 23.0 Å². The molecule has 7 heteroatoms. The number of pyridine rings is 1. The molecule has 0 unspecified atom stereocenters. The third kappa shape index (κ3) is 3.91. The number of nitrogens with zero attached hydrogens (tertiary/aromatic N) is 1. The van der Waals surface area contributed by atoms with Gasteiger partial charge in [-0.1, -0.05) is 36.5 Å². The molecule has 21 heavy (non-hydrogen) atoms. The minimum Gasteiger partial charge on any atom is -0.388 e. The van der Waals surface area contributed by atoms with Crippen molar-refractivity contribution in [3.63, 3.8) is 0 Å². The van der Waals surface area contributed by atoms with Crippen LogP contribution in [-0.4, -0.2) is 9.97 Å². The van der Waals surface area contributed by atoms with Crippen LogP contribution in [0.3, 0.4) is 0 Å². The Morgan fingerprint density at radius 2 is 1.86 bits per heavy atom. The van der Waals surface area contributed by atoms with Gasteiger partial charge >= 0.3 is 6.18 Å². The van der Waals surface area contributed by atoms with Crippen molar-refractivity contribution in [1.29, 1.82) is 0 Å². The molecule has 0 saturated heterocycles. The number of alkyl halides is 3. The van der Waals surface area contributed by atoms with Crippen molar-refractivity contribution in [3.05, 3.63) is 59.3 Å². The molecule has 0 saturated carbocycles. The second-order valence-corrected chi connectivity index (χ2v) is 4.72. The van der Waals surface area contributed by atoms with Crippen LogP contribution < -0.4 is 11.1 Å². The van der Waals surface area contributed by atoms with E-state index in [0.29, 0.717) is 11.5 Å². The van der Waals surface area contributed by atoms with Crippen molar-refractivity contribution in [2.75, 3.05) is 5.32 Å². The summed E-state index contributed by atoms with van der Waals surface area (Å²) in [7, 11) is 0. The van der Waals surface area contributed by atoms with Gasteiger partial charge in [0.1, 0.15) is 10.8 Å². The summed E-state index contributed by atoms with van der Waals surface area (Å²) < 4.78 is 38.6. The van der Waals surface area contributed by atoms with E-state index < -0.39 is 11.7 Å². The van der Waals surface area contributed by atoms with Gasteiger partial charge in [-0.3, -0.25) is 0 Å². The number of rotatable bonds is 4. The molecule has 0 aliphatic rings. The van der Waals surface area contributed by atoms with E-state index in [1.54, 1.807) is 24.3 Å². The summed E-state index contributed by atoms with van der Waals surface area (Å²) in [6.07, 6.45) is -4.38. The standard InChI is InChI=1S/C14H12F3N3S/c15-14(16,17)10-5-2-1-4-9(10)8-19-12-7-3-6-11(20-12)13(18)21/h1-7H,8H2,(H2,18,21)(H,19,20). The first kappa shape index (κ1) is 15.2. The van der Waals surface area contributed by atoms with Gasteiger partial charge < -0.3 is 11.1 Å². The minimum absolute atomic E-state index is 0.00344. The van der Waals surface area contributed by atoms with Gasteiger partial charge in [-0.15, -0.1) is 0 Å². The van der Waals surface area contributed by atoms with Crippen molar-refractivity contribution < 1.29 is 13.2 Å². The predicted octanol–water partition coefficient (Wildman–Crippen LogP) is 3.35. The van der Waals surface area contributed by atoms with Gasteiger partial charge in [0.25, 0.3) is 0 Å². The number of hydrogen-bond donors (Lipinski definition) is 2. The van der Waals surface area contributed by atoms with E-state index >= 15 is 0 Å². The Morgan fingerprint density at radius 1 is 1.14 bits per heavy atom. The normalized spacial score (nSPS) is 11.2. The van der Waals surface area contributed by atoms with Crippen molar-refractivity contribution in [2.45, 2.75) is 12.7 Å². The van der Waals surface area contributed by atoms with Crippen LogP contribution in [0.15, 0.2) is 42.5 Å². The number of nitrogens with one attached hydrogen (secondary N) is 1. The molecule has 1 aromatic heterocycles. The summed E-state index contributed by atoms with van der Waals surface area (Å²) in [4.78, 5) is 4.25. The molecule has 1 aromatic carbocycles. The van der Waals surface area contributed by atoms with E-state index in [2.05, 4.69) is 10.3 Å². The Bertz CT molecular complexity index is 656. The van der Waals surface area contributed by atoms with E-state index in [0.717, 1.165) is 6.07 Å². The number of halogens is 3. The van der Waals surface area contributed by atoms with Gasteiger partial charge in [-0.2, -0.15) is 13.2 Å². The molecule has 0 bridgehead atoms. The molecular weight excluding hydrogens is 299 g/mol. The van der Waals surface area contributed by atoms with Crippen LogP contribution in [0.4, 0.5) is 19.0 Å². The van der Waals surface area contributed by atoms with Crippen molar-refractivity contribution in [3.8, 4) is 0 Å². The monoisotopic (exact) mass is 311 g/mol. The Balaban J connectivity index is 2.17. The molecule has 3 nitrogen and oxygen atoms in total. The summed E-state index contributed by atoms with van der Waals surface area (Å²) in [6, 6.07) is 10.3. The number of nitrogens with two attached hydrogens (primary N) is 1. The van der Waals surface area contributed by atoms with Crippen LogP contribution in [0.5, 0.6) is 0 Å². The first-order chi connectivity index (χ1) is 9.88. The lowest BCUT2D eigenvalue weighted by molar-refractivity contribution is -0.138. The lowest BCUT2D eigenvalue weighted by Gasteiger charge is -2.13.